The zero-order chi connectivity index (χ0) is 19.3. The quantitative estimate of drug-likeness (QED) is 0.542. The fraction of sp³-hybridized carbons (Fsp3) is 0.400. The van der Waals surface area contributed by atoms with Crippen LogP contribution in [0.15, 0.2) is 23.0 Å². The van der Waals surface area contributed by atoms with Crippen LogP contribution in [-0.4, -0.2) is 65.5 Å². The molecule has 26 heavy (non-hydrogen) atoms. The Kier molecular flexibility index (Phi) is 6.16. The lowest BCUT2D eigenvalue weighted by atomic mass is 10.2. The van der Waals surface area contributed by atoms with Crippen molar-refractivity contribution in [3.8, 4) is 11.8 Å². The lowest BCUT2D eigenvalue weighted by Crippen LogP contribution is -2.28. The highest BCUT2D eigenvalue weighted by atomic mass is 19.4. The van der Waals surface area contributed by atoms with Crippen LogP contribution < -0.4 is 15.0 Å². The molecule has 0 fully saturated rings. The Morgan fingerprint density at radius 3 is 2.73 bits per heavy atom. The minimum absolute atomic E-state index is 0.0129. The van der Waals surface area contributed by atoms with Gasteiger partial charge in [-0.15, -0.1) is 0 Å². The summed E-state index contributed by atoms with van der Waals surface area (Å²) in [4.78, 5) is 31.2. The molecule has 2 rings (SSSR count). The molecule has 0 atom stereocenters. The first kappa shape index (κ1) is 19.7. The first-order valence-electron chi connectivity index (χ1n) is 7.46. The summed E-state index contributed by atoms with van der Waals surface area (Å²) < 4.78 is 46.6. The van der Waals surface area contributed by atoms with Crippen LogP contribution in [0.2, 0.25) is 0 Å². The van der Waals surface area contributed by atoms with Crippen molar-refractivity contribution in [2.75, 3.05) is 33.4 Å². The van der Waals surface area contributed by atoms with Crippen LogP contribution in [-0.2, 0) is 4.79 Å². The fourth-order valence-electron chi connectivity index (χ4n) is 2.03. The molecule has 0 bridgehead atoms. The largest absolute Gasteiger partial charge is 0.491 e. The third-order valence-electron chi connectivity index (χ3n) is 3.30. The molecule has 0 aliphatic rings. The molecule has 0 spiro atoms. The molecule has 0 radical (unpaired) electrons. The van der Waals surface area contributed by atoms with Crippen LogP contribution in [0.4, 0.5) is 13.2 Å². The number of ether oxygens (including phenoxy) is 2. The number of hydrogen-bond acceptors (Lipinski definition) is 7. The number of hydrogen-bond donors (Lipinski definition) is 2. The summed E-state index contributed by atoms with van der Waals surface area (Å²) in [6.07, 6.45) is -5.19. The maximum atomic E-state index is 12.3. The Bertz CT molecular complexity index is 837. The van der Waals surface area contributed by atoms with Crippen molar-refractivity contribution >= 4 is 16.9 Å². The number of carbonyl (C=O) groups excluding carboxylic acids is 1. The van der Waals surface area contributed by atoms with E-state index < -0.39 is 23.5 Å². The standard InChI is InChI=1S/C15H16F3N3O5/c1-21(5-7-22)6-8-25-14-19-9-3-2-4-10(11(9)12(23)20-14)26-13(24)15(16,17)18/h2-4,22H,5-8H2,1H3,(H,19,20,23). The number of aromatic amines is 1. The second-order valence-electron chi connectivity index (χ2n) is 5.28. The molecule has 0 aliphatic carbocycles. The number of likely N-dealkylation sites (N-methyl/N-ethyl adjacent to an activating group) is 1. The maximum Gasteiger partial charge on any atom is 0.491 e. The fourth-order valence-corrected chi connectivity index (χ4v) is 2.03. The number of benzene rings is 1. The number of rotatable bonds is 7. The number of nitrogens with zero attached hydrogens (tertiary/aromatic N) is 2. The molecule has 0 amide bonds. The Morgan fingerprint density at radius 1 is 1.35 bits per heavy atom. The molecule has 2 aromatic rings. The van der Waals surface area contributed by atoms with E-state index in [-0.39, 0.29) is 30.1 Å². The van der Waals surface area contributed by atoms with Gasteiger partial charge in [-0.3, -0.25) is 9.78 Å². The Morgan fingerprint density at radius 2 is 2.08 bits per heavy atom. The summed E-state index contributed by atoms with van der Waals surface area (Å²) in [5.74, 6) is -2.98. The predicted molar refractivity (Wildman–Crippen MR) is 84.1 cm³/mol. The van der Waals surface area contributed by atoms with Crippen molar-refractivity contribution < 1.29 is 32.5 Å². The topological polar surface area (TPSA) is 105 Å². The summed E-state index contributed by atoms with van der Waals surface area (Å²) in [6, 6.07) is 3.61. The number of esters is 1. The lowest BCUT2D eigenvalue weighted by molar-refractivity contribution is -0.189. The predicted octanol–water partition coefficient (Wildman–Crippen LogP) is 0.694. The highest BCUT2D eigenvalue weighted by molar-refractivity contribution is 5.88. The van der Waals surface area contributed by atoms with E-state index in [1.807, 2.05) is 0 Å². The van der Waals surface area contributed by atoms with Crippen LogP contribution in [0.5, 0.6) is 11.8 Å². The SMILES string of the molecule is CN(CCO)CCOc1nc2cccc(OC(=O)C(F)(F)F)c2c(=O)[nH]1. The van der Waals surface area contributed by atoms with E-state index in [9.17, 15) is 22.8 Å². The zero-order valence-electron chi connectivity index (χ0n) is 13.7. The van der Waals surface area contributed by atoms with Crippen LogP contribution in [0.3, 0.4) is 0 Å². The average Bonchev–Trinajstić information content (AvgIpc) is 2.54. The number of aliphatic hydroxyl groups is 1. The number of aliphatic hydroxyl groups excluding tert-OH is 1. The van der Waals surface area contributed by atoms with E-state index in [4.69, 9.17) is 9.84 Å². The van der Waals surface area contributed by atoms with Crippen molar-refractivity contribution in [3.63, 3.8) is 0 Å². The third kappa shape index (κ3) is 4.92. The Balaban J connectivity index is 2.21. The smallest absolute Gasteiger partial charge is 0.463 e. The minimum atomic E-state index is -5.19. The van der Waals surface area contributed by atoms with Gasteiger partial charge in [-0.25, -0.2) is 4.79 Å². The maximum absolute atomic E-state index is 12.3. The normalized spacial score (nSPS) is 11.8. The molecule has 0 saturated carbocycles. The van der Waals surface area contributed by atoms with Gasteiger partial charge in [0.1, 0.15) is 17.7 Å². The second-order valence-corrected chi connectivity index (χ2v) is 5.28. The number of halogens is 3. The number of carbonyl (C=O) groups is 1. The van der Waals surface area contributed by atoms with Gasteiger partial charge in [0, 0.05) is 13.1 Å². The molecule has 1 heterocycles. The molecular weight excluding hydrogens is 359 g/mol. The van der Waals surface area contributed by atoms with Gasteiger partial charge in [0.25, 0.3) is 11.6 Å². The molecule has 11 heteroatoms. The molecule has 0 aliphatic heterocycles. The van der Waals surface area contributed by atoms with Crippen molar-refractivity contribution in [3.05, 3.63) is 28.6 Å². The van der Waals surface area contributed by atoms with Crippen LogP contribution >= 0.6 is 0 Å². The first-order valence-corrected chi connectivity index (χ1v) is 7.46. The van der Waals surface area contributed by atoms with E-state index in [1.165, 1.54) is 12.1 Å². The highest BCUT2D eigenvalue weighted by Gasteiger charge is 2.41. The summed E-state index contributed by atoms with van der Waals surface area (Å²) in [7, 11) is 1.76. The molecule has 0 unspecified atom stereocenters. The van der Waals surface area contributed by atoms with Gasteiger partial charge in [0.05, 0.1) is 12.1 Å². The summed E-state index contributed by atoms with van der Waals surface area (Å²) in [5.41, 5.74) is -0.792. The molecule has 1 aromatic carbocycles. The molecular formula is C15H16F3N3O5. The van der Waals surface area contributed by atoms with Gasteiger partial charge in [0.15, 0.2) is 0 Å². The Hall–Kier alpha value is -2.66. The third-order valence-corrected chi connectivity index (χ3v) is 3.30. The van der Waals surface area contributed by atoms with Crippen molar-refractivity contribution in [1.29, 1.82) is 0 Å². The zero-order valence-corrected chi connectivity index (χ0v) is 13.7. The minimum Gasteiger partial charge on any atom is -0.463 e. The van der Waals surface area contributed by atoms with E-state index in [0.717, 1.165) is 6.07 Å². The van der Waals surface area contributed by atoms with Gasteiger partial charge in [0.2, 0.25) is 0 Å². The molecule has 142 valence electrons. The van der Waals surface area contributed by atoms with Crippen molar-refractivity contribution in [2.45, 2.75) is 6.18 Å². The van der Waals surface area contributed by atoms with Crippen LogP contribution in [0.25, 0.3) is 10.9 Å². The van der Waals surface area contributed by atoms with Crippen molar-refractivity contribution in [1.82, 2.24) is 14.9 Å². The number of H-pyrrole nitrogens is 1. The van der Waals surface area contributed by atoms with Gasteiger partial charge in [-0.1, -0.05) is 6.07 Å². The monoisotopic (exact) mass is 375 g/mol. The summed E-state index contributed by atoms with van der Waals surface area (Å²) >= 11 is 0. The summed E-state index contributed by atoms with van der Waals surface area (Å²) in [6.45, 7) is 1.04. The average molecular weight is 375 g/mol. The van der Waals surface area contributed by atoms with E-state index in [2.05, 4.69) is 14.7 Å². The number of nitrogens with one attached hydrogen (secondary N) is 1. The molecule has 2 N–H and O–H groups in total. The van der Waals surface area contributed by atoms with Crippen LogP contribution in [0.1, 0.15) is 0 Å². The van der Waals surface area contributed by atoms with Gasteiger partial charge >= 0.3 is 12.1 Å². The number of fused-ring (bicyclic) bond motifs is 1. The Labute approximate surface area is 145 Å². The number of aromatic nitrogens is 2. The molecule has 1 aromatic heterocycles. The van der Waals surface area contributed by atoms with Gasteiger partial charge < -0.3 is 19.5 Å². The summed E-state index contributed by atoms with van der Waals surface area (Å²) in [5, 5.41) is 8.50. The van der Waals surface area contributed by atoms with E-state index in [0.29, 0.717) is 13.1 Å². The van der Waals surface area contributed by atoms with Crippen molar-refractivity contribution in [2.24, 2.45) is 0 Å². The van der Waals surface area contributed by atoms with Gasteiger partial charge in [-0.05, 0) is 19.2 Å². The first-order chi connectivity index (χ1) is 12.2. The second kappa shape index (κ2) is 8.15. The van der Waals surface area contributed by atoms with E-state index in [1.54, 1.807) is 11.9 Å². The lowest BCUT2D eigenvalue weighted by Gasteiger charge is -2.15. The molecule has 8 nitrogen and oxygen atoms in total. The molecule has 0 saturated heterocycles. The van der Waals surface area contributed by atoms with E-state index >= 15 is 0 Å². The highest BCUT2D eigenvalue weighted by Crippen LogP contribution is 2.25. The van der Waals surface area contributed by atoms with Gasteiger partial charge in [-0.2, -0.15) is 18.2 Å². The number of alkyl halides is 3. The van der Waals surface area contributed by atoms with Crippen LogP contribution in [0, 0.1) is 0 Å².